The summed E-state index contributed by atoms with van der Waals surface area (Å²) >= 11 is 0. The lowest BCUT2D eigenvalue weighted by molar-refractivity contribution is 0.104. The third-order valence-electron chi connectivity index (χ3n) is 4.89. The molecule has 2 aromatic rings. The fourth-order valence-corrected chi connectivity index (χ4v) is 3.94. The summed E-state index contributed by atoms with van der Waals surface area (Å²) in [5, 5.41) is 0. The van der Waals surface area contributed by atoms with E-state index in [0.717, 1.165) is 28.9 Å². The predicted molar refractivity (Wildman–Crippen MR) is 124 cm³/mol. The Morgan fingerprint density at radius 3 is 2.21 bits per heavy atom. The lowest BCUT2D eigenvalue weighted by atomic mass is 9.80. The molecule has 0 aliphatic carbocycles. The average molecular weight is 393 g/mol. The van der Waals surface area contributed by atoms with Crippen LogP contribution in [0.5, 0.6) is 5.75 Å². The summed E-state index contributed by atoms with van der Waals surface area (Å²) in [6.45, 7) is 19.8. The van der Waals surface area contributed by atoms with Crippen molar-refractivity contribution in [3.05, 3.63) is 66.2 Å². The fourth-order valence-electron chi connectivity index (χ4n) is 3.94. The van der Waals surface area contributed by atoms with Gasteiger partial charge < -0.3 is 4.74 Å². The molecule has 0 fully saturated rings. The van der Waals surface area contributed by atoms with Crippen molar-refractivity contribution in [3.8, 4) is 16.9 Å². The SMILES string of the molecule is C=CC(=O)c1cc(OCC(C)CC(C)(C)C)c(C(C)(C)C)c(-c2ccccc2)c1. The minimum atomic E-state index is -0.135. The molecule has 29 heavy (non-hydrogen) atoms. The summed E-state index contributed by atoms with van der Waals surface area (Å²) in [4.78, 5) is 12.5. The highest BCUT2D eigenvalue weighted by Gasteiger charge is 2.26. The van der Waals surface area contributed by atoms with Gasteiger partial charge in [0.2, 0.25) is 0 Å². The first-order chi connectivity index (χ1) is 13.4. The number of carbonyl (C=O) groups is 1. The molecule has 2 rings (SSSR count). The van der Waals surface area contributed by atoms with Gasteiger partial charge in [-0.2, -0.15) is 0 Å². The zero-order valence-electron chi connectivity index (χ0n) is 19.1. The molecule has 1 unspecified atom stereocenters. The maximum Gasteiger partial charge on any atom is 0.185 e. The van der Waals surface area contributed by atoms with E-state index >= 15 is 0 Å². The minimum absolute atomic E-state index is 0.0877. The Kier molecular flexibility index (Phi) is 7.11. The van der Waals surface area contributed by atoms with Crippen LogP contribution in [-0.2, 0) is 5.41 Å². The van der Waals surface area contributed by atoms with Crippen LogP contribution in [0.3, 0.4) is 0 Å². The van der Waals surface area contributed by atoms with Crippen LogP contribution in [0.15, 0.2) is 55.1 Å². The molecular weight excluding hydrogens is 356 g/mol. The molecule has 0 aliphatic rings. The van der Waals surface area contributed by atoms with Crippen molar-refractivity contribution in [2.75, 3.05) is 6.61 Å². The maximum atomic E-state index is 12.5. The Bertz CT molecular complexity index is 849. The van der Waals surface area contributed by atoms with Crippen molar-refractivity contribution < 1.29 is 9.53 Å². The number of ether oxygens (including phenoxy) is 1. The van der Waals surface area contributed by atoms with Crippen LogP contribution in [-0.4, -0.2) is 12.4 Å². The Hall–Kier alpha value is -2.35. The minimum Gasteiger partial charge on any atom is -0.493 e. The van der Waals surface area contributed by atoms with Crippen LogP contribution in [0.25, 0.3) is 11.1 Å². The van der Waals surface area contributed by atoms with Crippen LogP contribution in [0, 0.1) is 11.3 Å². The molecule has 0 heterocycles. The molecule has 1 atom stereocenters. The third kappa shape index (κ3) is 6.32. The average Bonchev–Trinajstić information content (AvgIpc) is 2.63. The zero-order chi connectivity index (χ0) is 21.8. The van der Waals surface area contributed by atoms with Gasteiger partial charge in [-0.15, -0.1) is 0 Å². The fraction of sp³-hybridized carbons (Fsp3) is 0.444. The highest BCUT2D eigenvalue weighted by atomic mass is 16.5. The summed E-state index contributed by atoms with van der Waals surface area (Å²) in [6, 6.07) is 14.1. The van der Waals surface area contributed by atoms with Crippen LogP contribution < -0.4 is 4.74 Å². The van der Waals surface area contributed by atoms with Crippen molar-refractivity contribution in [3.63, 3.8) is 0 Å². The molecule has 0 saturated carbocycles. The maximum absolute atomic E-state index is 12.5. The standard InChI is InChI=1S/C27H36O2/c1-9-23(28)21-15-22(20-13-11-10-12-14-20)25(27(6,7)8)24(16-21)29-18-19(2)17-26(3,4)5/h9-16,19H,1,17-18H2,2-8H3. The van der Waals surface area contributed by atoms with E-state index in [0.29, 0.717) is 18.1 Å². The van der Waals surface area contributed by atoms with Gasteiger partial charge in [0.1, 0.15) is 5.75 Å². The normalized spacial score (nSPS) is 13.1. The Labute approximate surface area is 177 Å². The number of hydrogen-bond acceptors (Lipinski definition) is 2. The van der Waals surface area contributed by atoms with E-state index in [1.54, 1.807) is 0 Å². The van der Waals surface area contributed by atoms with Gasteiger partial charge in [0.25, 0.3) is 0 Å². The van der Waals surface area contributed by atoms with Gasteiger partial charge in [-0.1, -0.05) is 85.4 Å². The second-order valence-corrected chi connectivity index (χ2v) is 10.3. The molecular formula is C27H36O2. The van der Waals surface area contributed by atoms with Crippen molar-refractivity contribution in [2.45, 2.75) is 60.3 Å². The number of hydrogen-bond donors (Lipinski definition) is 0. The molecule has 0 spiro atoms. The van der Waals surface area contributed by atoms with E-state index in [-0.39, 0.29) is 16.6 Å². The Morgan fingerprint density at radius 2 is 1.69 bits per heavy atom. The van der Waals surface area contributed by atoms with Crippen LogP contribution >= 0.6 is 0 Å². The molecule has 0 N–H and O–H groups in total. The van der Waals surface area contributed by atoms with Crippen LogP contribution in [0.4, 0.5) is 0 Å². The van der Waals surface area contributed by atoms with E-state index in [9.17, 15) is 4.79 Å². The first-order valence-electron chi connectivity index (χ1n) is 10.5. The van der Waals surface area contributed by atoms with E-state index in [1.165, 1.54) is 6.08 Å². The van der Waals surface area contributed by atoms with E-state index in [2.05, 4.69) is 67.2 Å². The monoisotopic (exact) mass is 392 g/mol. The molecule has 0 aromatic heterocycles. The number of carbonyl (C=O) groups excluding carboxylic acids is 1. The Balaban J connectivity index is 2.57. The number of rotatable bonds is 7. The van der Waals surface area contributed by atoms with Gasteiger partial charge in [0, 0.05) is 11.1 Å². The van der Waals surface area contributed by atoms with Gasteiger partial charge in [0.05, 0.1) is 6.61 Å². The van der Waals surface area contributed by atoms with Gasteiger partial charge in [-0.25, -0.2) is 0 Å². The zero-order valence-corrected chi connectivity index (χ0v) is 19.1. The third-order valence-corrected chi connectivity index (χ3v) is 4.89. The molecule has 2 heteroatoms. The lowest BCUT2D eigenvalue weighted by Crippen LogP contribution is -2.20. The quantitative estimate of drug-likeness (QED) is 0.361. The molecule has 156 valence electrons. The first kappa shape index (κ1) is 22.9. The van der Waals surface area contributed by atoms with Crippen LogP contribution in [0.2, 0.25) is 0 Å². The summed E-state index contributed by atoms with van der Waals surface area (Å²) in [6.07, 6.45) is 2.45. The number of benzene rings is 2. The summed E-state index contributed by atoms with van der Waals surface area (Å²) in [7, 11) is 0. The number of allylic oxidation sites excluding steroid dienone is 1. The first-order valence-corrected chi connectivity index (χ1v) is 10.5. The number of ketones is 1. The van der Waals surface area contributed by atoms with Gasteiger partial charge in [-0.05, 0) is 52.5 Å². The molecule has 0 bridgehead atoms. The second kappa shape index (κ2) is 8.98. The van der Waals surface area contributed by atoms with Crippen LogP contribution in [0.1, 0.15) is 70.8 Å². The van der Waals surface area contributed by atoms with Crippen molar-refractivity contribution in [1.29, 1.82) is 0 Å². The van der Waals surface area contributed by atoms with E-state index < -0.39 is 0 Å². The summed E-state index contributed by atoms with van der Waals surface area (Å²) < 4.78 is 6.38. The van der Waals surface area contributed by atoms with Crippen molar-refractivity contribution >= 4 is 5.78 Å². The summed E-state index contributed by atoms with van der Waals surface area (Å²) in [5.41, 5.74) is 4.00. The molecule has 0 saturated heterocycles. The Morgan fingerprint density at radius 1 is 1.07 bits per heavy atom. The topological polar surface area (TPSA) is 26.3 Å². The predicted octanol–water partition coefficient (Wildman–Crippen LogP) is 7.47. The van der Waals surface area contributed by atoms with Gasteiger partial charge >= 0.3 is 0 Å². The van der Waals surface area contributed by atoms with E-state index in [1.807, 2.05) is 30.3 Å². The summed E-state index contributed by atoms with van der Waals surface area (Å²) in [5.74, 6) is 1.13. The molecule has 2 aromatic carbocycles. The molecule has 2 nitrogen and oxygen atoms in total. The molecule has 0 amide bonds. The smallest absolute Gasteiger partial charge is 0.185 e. The largest absolute Gasteiger partial charge is 0.493 e. The molecule has 0 aliphatic heterocycles. The van der Waals surface area contributed by atoms with Gasteiger partial charge in [-0.3, -0.25) is 4.79 Å². The van der Waals surface area contributed by atoms with Crippen molar-refractivity contribution in [1.82, 2.24) is 0 Å². The van der Waals surface area contributed by atoms with Crippen molar-refractivity contribution in [2.24, 2.45) is 11.3 Å². The highest BCUT2D eigenvalue weighted by Crippen LogP contribution is 2.41. The highest BCUT2D eigenvalue weighted by molar-refractivity contribution is 6.05. The van der Waals surface area contributed by atoms with Gasteiger partial charge in [0.15, 0.2) is 5.78 Å². The van der Waals surface area contributed by atoms with E-state index in [4.69, 9.17) is 4.74 Å². The second-order valence-electron chi connectivity index (χ2n) is 10.3. The lowest BCUT2D eigenvalue weighted by Gasteiger charge is -2.29. The molecule has 0 radical (unpaired) electrons.